The largest absolute Gasteiger partial charge is 0.371 e. The second-order valence-corrected chi connectivity index (χ2v) is 6.28. The van der Waals surface area contributed by atoms with Gasteiger partial charge in [0.1, 0.15) is 0 Å². The van der Waals surface area contributed by atoms with Crippen molar-refractivity contribution < 1.29 is 0 Å². The molecule has 2 aliphatic rings. The standard InChI is InChI=1S/C17H26N2/c1-14-6-5-9-17(14)18-15-10-12-19(13-11-15)16-7-3-2-4-8-16/h2-4,7-8,14-15,17-18H,5-6,9-13H2,1H3. The molecule has 1 N–H and O–H groups in total. The van der Waals surface area contributed by atoms with Gasteiger partial charge in [-0.2, -0.15) is 0 Å². The van der Waals surface area contributed by atoms with Gasteiger partial charge in [-0.25, -0.2) is 0 Å². The van der Waals surface area contributed by atoms with Gasteiger partial charge < -0.3 is 10.2 Å². The molecule has 1 saturated carbocycles. The second-order valence-electron chi connectivity index (χ2n) is 6.28. The number of piperidine rings is 1. The van der Waals surface area contributed by atoms with Crippen LogP contribution in [-0.2, 0) is 0 Å². The van der Waals surface area contributed by atoms with Crippen LogP contribution in [0.25, 0.3) is 0 Å². The van der Waals surface area contributed by atoms with Crippen molar-refractivity contribution in [3.8, 4) is 0 Å². The van der Waals surface area contributed by atoms with Crippen molar-refractivity contribution in [3.05, 3.63) is 30.3 Å². The summed E-state index contributed by atoms with van der Waals surface area (Å²) in [5.74, 6) is 0.882. The zero-order chi connectivity index (χ0) is 13.1. The monoisotopic (exact) mass is 258 g/mol. The maximum absolute atomic E-state index is 3.91. The summed E-state index contributed by atoms with van der Waals surface area (Å²) in [6.07, 6.45) is 6.80. The van der Waals surface area contributed by atoms with Crippen LogP contribution in [0.15, 0.2) is 30.3 Å². The highest BCUT2D eigenvalue weighted by Crippen LogP contribution is 2.27. The van der Waals surface area contributed by atoms with Crippen molar-refractivity contribution in [1.82, 2.24) is 5.32 Å². The highest BCUT2D eigenvalue weighted by molar-refractivity contribution is 5.46. The predicted molar refractivity (Wildman–Crippen MR) is 81.6 cm³/mol. The third-order valence-corrected chi connectivity index (χ3v) is 4.93. The lowest BCUT2D eigenvalue weighted by Gasteiger charge is -2.36. The number of hydrogen-bond acceptors (Lipinski definition) is 2. The number of anilines is 1. The van der Waals surface area contributed by atoms with Crippen molar-refractivity contribution in [3.63, 3.8) is 0 Å². The molecule has 1 aliphatic heterocycles. The van der Waals surface area contributed by atoms with E-state index in [1.165, 1.54) is 50.9 Å². The van der Waals surface area contributed by atoms with E-state index in [9.17, 15) is 0 Å². The Balaban J connectivity index is 1.49. The molecule has 104 valence electrons. The first-order chi connectivity index (χ1) is 9.33. The summed E-state index contributed by atoms with van der Waals surface area (Å²) in [4.78, 5) is 2.52. The van der Waals surface area contributed by atoms with Gasteiger partial charge in [-0.15, -0.1) is 0 Å². The van der Waals surface area contributed by atoms with E-state index in [1.807, 2.05) is 0 Å². The van der Waals surface area contributed by atoms with E-state index < -0.39 is 0 Å². The molecule has 2 heteroatoms. The molecular weight excluding hydrogens is 232 g/mol. The topological polar surface area (TPSA) is 15.3 Å². The zero-order valence-corrected chi connectivity index (χ0v) is 12.0. The summed E-state index contributed by atoms with van der Waals surface area (Å²) >= 11 is 0. The molecule has 2 unspecified atom stereocenters. The molecule has 0 amide bonds. The summed E-state index contributed by atoms with van der Waals surface area (Å²) in [7, 11) is 0. The molecule has 1 saturated heterocycles. The van der Waals surface area contributed by atoms with Gasteiger partial charge >= 0.3 is 0 Å². The fourth-order valence-electron chi connectivity index (χ4n) is 3.64. The molecule has 19 heavy (non-hydrogen) atoms. The quantitative estimate of drug-likeness (QED) is 0.893. The average Bonchev–Trinajstić information content (AvgIpc) is 2.86. The first-order valence-corrected chi connectivity index (χ1v) is 7.89. The summed E-state index contributed by atoms with van der Waals surface area (Å²) in [6, 6.07) is 12.4. The normalized spacial score (nSPS) is 28.8. The lowest BCUT2D eigenvalue weighted by molar-refractivity contribution is 0.331. The van der Waals surface area contributed by atoms with E-state index in [0.717, 1.165) is 18.0 Å². The molecule has 1 aliphatic carbocycles. The molecule has 2 nitrogen and oxygen atoms in total. The maximum atomic E-state index is 3.91. The molecule has 2 atom stereocenters. The van der Waals surface area contributed by atoms with Crippen molar-refractivity contribution in [2.45, 2.75) is 51.1 Å². The number of para-hydroxylation sites is 1. The minimum Gasteiger partial charge on any atom is -0.371 e. The molecule has 0 radical (unpaired) electrons. The fourth-order valence-corrected chi connectivity index (χ4v) is 3.64. The van der Waals surface area contributed by atoms with E-state index in [-0.39, 0.29) is 0 Å². The van der Waals surface area contributed by atoms with E-state index in [0.29, 0.717) is 0 Å². The van der Waals surface area contributed by atoms with Crippen LogP contribution >= 0.6 is 0 Å². The molecule has 2 fully saturated rings. The van der Waals surface area contributed by atoms with E-state index in [2.05, 4.69) is 47.5 Å². The molecule has 3 rings (SSSR count). The Kier molecular flexibility index (Phi) is 4.07. The SMILES string of the molecule is CC1CCCC1NC1CCN(c2ccccc2)CC1. The van der Waals surface area contributed by atoms with E-state index in [1.54, 1.807) is 0 Å². The fraction of sp³-hybridized carbons (Fsp3) is 0.647. The van der Waals surface area contributed by atoms with Gasteiger partial charge in [0.05, 0.1) is 0 Å². The summed E-state index contributed by atoms with van der Waals surface area (Å²) in [6.45, 7) is 4.80. The Hall–Kier alpha value is -1.02. The summed E-state index contributed by atoms with van der Waals surface area (Å²) in [5.41, 5.74) is 1.38. The molecule has 0 aromatic heterocycles. The highest BCUT2D eigenvalue weighted by atomic mass is 15.1. The Morgan fingerprint density at radius 2 is 1.74 bits per heavy atom. The second kappa shape index (κ2) is 5.96. The van der Waals surface area contributed by atoms with E-state index in [4.69, 9.17) is 0 Å². The van der Waals surface area contributed by atoms with Crippen molar-refractivity contribution >= 4 is 5.69 Å². The first kappa shape index (κ1) is 13.0. The first-order valence-electron chi connectivity index (χ1n) is 7.89. The van der Waals surface area contributed by atoms with Crippen LogP contribution in [0.5, 0.6) is 0 Å². The molecule has 0 bridgehead atoms. The number of benzene rings is 1. The van der Waals surface area contributed by atoms with Crippen LogP contribution in [0.4, 0.5) is 5.69 Å². The van der Waals surface area contributed by atoms with Crippen LogP contribution in [-0.4, -0.2) is 25.2 Å². The number of hydrogen-bond donors (Lipinski definition) is 1. The van der Waals surface area contributed by atoms with Crippen LogP contribution < -0.4 is 10.2 Å². The van der Waals surface area contributed by atoms with Crippen molar-refractivity contribution in [2.75, 3.05) is 18.0 Å². The number of nitrogens with one attached hydrogen (secondary N) is 1. The smallest absolute Gasteiger partial charge is 0.0366 e. The van der Waals surface area contributed by atoms with Gasteiger partial charge in [0.25, 0.3) is 0 Å². The Labute approximate surface area is 117 Å². The highest BCUT2D eigenvalue weighted by Gasteiger charge is 2.27. The molecule has 1 aromatic carbocycles. The number of nitrogens with zero attached hydrogens (tertiary/aromatic N) is 1. The lowest BCUT2D eigenvalue weighted by Crippen LogP contribution is -2.47. The van der Waals surface area contributed by atoms with Gasteiger partial charge in [-0.3, -0.25) is 0 Å². The lowest BCUT2D eigenvalue weighted by atomic mass is 10.00. The van der Waals surface area contributed by atoms with Gasteiger partial charge in [0.15, 0.2) is 0 Å². The average molecular weight is 258 g/mol. The third-order valence-electron chi connectivity index (χ3n) is 4.93. The molecule has 0 spiro atoms. The van der Waals surface area contributed by atoms with Crippen LogP contribution in [0.2, 0.25) is 0 Å². The molecular formula is C17H26N2. The number of rotatable bonds is 3. The molecule has 1 aromatic rings. The van der Waals surface area contributed by atoms with Crippen molar-refractivity contribution in [1.29, 1.82) is 0 Å². The molecule has 1 heterocycles. The third kappa shape index (κ3) is 3.11. The van der Waals surface area contributed by atoms with E-state index >= 15 is 0 Å². The van der Waals surface area contributed by atoms with Crippen LogP contribution in [0.3, 0.4) is 0 Å². The summed E-state index contributed by atoms with van der Waals surface area (Å²) < 4.78 is 0. The van der Waals surface area contributed by atoms with Gasteiger partial charge in [0, 0.05) is 30.9 Å². The van der Waals surface area contributed by atoms with Crippen LogP contribution in [0, 0.1) is 5.92 Å². The van der Waals surface area contributed by atoms with Gasteiger partial charge in [-0.1, -0.05) is 31.5 Å². The van der Waals surface area contributed by atoms with Gasteiger partial charge in [0.2, 0.25) is 0 Å². The zero-order valence-electron chi connectivity index (χ0n) is 12.0. The van der Waals surface area contributed by atoms with Gasteiger partial charge in [-0.05, 0) is 43.7 Å². The maximum Gasteiger partial charge on any atom is 0.0366 e. The Morgan fingerprint density at radius 1 is 1.00 bits per heavy atom. The minimum absolute atomic E-state index is 0.741. The minimum atomic E-state index is 0.741. The van der Waals surface area contributed by atoms with Crippen LogP contribution in [0.1, 0.15) is 39.0 Å². The Morgan fingerprint density at radius 3 is 2.37 bits per heavy atom. The summed E-state index contributed by atoms with van der Waals surface area (Å²) in [5, 5.41) is 3.91. The predicted octanol–water partition coefficient (Wildman–Crippen LogP) is 3.43. The van der Waals surface area contributed by atoms with Crippen molar-refractivity contribution in [2.24, 2.45) is 5.92 Å². The Bertz CT molecular complexity index is 382.